The van der Waals surface area contributed by atoms with Crippen LogP contribution in [-0.4, -0.2) is 12.9 Å². The molecule has 4 heteroatoms. The zero-order valence-corrected chi connectivity index (χ0v) is 10.3. The largest absolute Gasteiger partial charge is 0.496 e. The van der Waals surface area contributed by atoms with Gasteiger partial charge in [0.15, 0.2) is 5.78 Å². The number of methoxy groups -OCH3 is 1. The van der Waals surface area contributed by atoms with Crippen LogP contribution in [0.25, 0.3) is 0 Å². The summed E-state index contributed by atoms with van der Waals surface area (Å²) in [4.78, 5) is 12.1. The van der Waals surface area contributed by atoms with Crippen LogP contribution in [-0.2, 0) is 6.42 Å². The number of carbonyl (C=O) groups excluding carboxylic acids is 1. The number of hydrogen-bond acceptors (Lipinski definition) is 2. The third-order valence-electron chi connectivity index (χ3n) is 2.69. The zero-order chi connectivity index (χ0) is 13.8. The lowest BCUT2D eigenvalue weighted by Crippen LogP contribution is -2.06. The molecule has 0 atom stereocenters. The van der Waals surface area contributed by atoms with Gasteiger partial charge in [-0.05, 0) is 29.8 Å². The summed E-state index contributed by atoms with van der Waals surface area (Å²) in [6.45, 7) is 0. The molecule has 0 saturated carbocycles. The number of Topliss-reactive ketones (excluding diaryl/α,β-unsaturated/α-hetero) is 1. The van der Waals surface area contributed by atoms with Gasteiger partial charge in [0, 0.05) is 12.5 Å². The minimum Gasteiger partial charge on any atom is -0.496 e. The lowest BCUT2D eigenvalue weighted by atomic mass is 10.0. The van der Waals surface area contributed by atoms with Crippen molar-refractivity contribution >= 4 is 5.78 Å². The first-order valence-electron chi connectivity index (χ1n) is 5.71. The van der Waals surface area contributed by atoms with Crippen LogP contribution in [0.2, 0.25) is 0 Å². The van der Waals surface area contributed by atoms with Gasteiger partial charge in [0.1, 0.15) is 17.4 Å². The molecule has 0 N–H and O–H groups in total. The summed E-state index contributed by atoms with van der Waals surface area (Å²) in [6, 6.07) is 9.82. The summed E-state index contributed by atoms with van der Waals surface area (Å²) in [6.07, 6.45) is -0.0744. The first kappa shape index (κ1) is 13.2. The number of rotatable bonds is 4. The van der Waals surface area contributed by atoms with Gasteiger partial charge >= 0.3 is 0 Å². The summed E-state index contributed by atoms with van der Waals surface area (Å²) >= 11 is 0. The van der Waals surface area contributed by atoms with E-state index in [1.807, 2.05) is 0 Å². The average Bonchev–Trinajstić information content (AvgIpc) is 2.37. The topological polar surface area (TPSA) is 26.3 Å². The van der Waals surface area contributed by atoms with Crippen molar-refractivity contribution in [1.29, 1.82) is 0 Å². The van der Waals surface area contributed by atoms with Crippen LogP contribution in [0.4, 0.5) is 8.78 Å². The maximum atomic E-state index is 13.1. The predicted octanol–water partition coefficient (Wildman–Crippen LogP) is 3.40. The molecule has 2 nitrogen and oxygen atoms in total. The molecule has 0 spiro atoms. The lowest BCUT2D eigenvalue weighted by Gasteiger charge is -2.07. The molecule has 2 aromatic carbocycles. The standard InChI is InChI=1S/C15H12F2O2/c1-19-15-5-3-2-4-13(15)14(18)8-10-6-11(16)9-12(17)7-10/h2-7,9H,8H2,1H3. The average molecular weight is 262 g/mol. The van der Waals surface area contributed by atoms with E-state index in [1.54, 1.807) is 24.3 Å². The van der Waals surface area contributed by atoms with Gasteiger partial charge in [0.25, 0.3) is 0 Å². The highest BCUT2D eigenvalue weighted by atomic mass is 19.1. The summed E-state index contributed by atoms with van der Waals surface area (Å²) in [7, 11) is 1.47. The monoisotopic (exact) mass is 262 g/mol. The van der Waals surface area contributed by atoms with Gasteiger partial charge in [0.2, 0.25) is 0 Å². The third-order valence-corrected chi connectivity index (χ3v) is 2.69. The highest BCUT2D eigenvalue weighted by Gasteiger charge is 2.13. The molecule has 0 heterocycles. The fraction of sp³-hybridized carbons (Fsp3) is 0.133. The van der Waals surface area contributed by atoms with Crippen LogP contribution in [0, 0.1) is 11.6 Å². The molecule has 0 radical (unpaired) electrons. The molecule has 0 aliphatic rings. The fourth-order valence-electron chi connectivity index (χ4n) is 1.87. The normalized spacial score (nSPS) is 10.3. The molecule has 2 rings (SSSR count). The molecule has 0 unspecified atom stereocenters. The van der Waals surface area contributed by atoms with E-state index < -0.39 is 11.6 Å². The van der Waals surface area contributed by atoms with E-state index in [0.717, 1.165) is 18.2 Å². The van der Waals surface area contributed by atoms with E-state index in [0.29, 0.717) is 16.9 Å². The molecular weight excluding hydrogens is 250 g/mol. The second-order valence-corrected chi connectivity index (χ2v) is 4.08. The maximum Gasteiger partial charge on any atom is 0.170 e. The second kappa shape index (κ2) is 5.61. The first-order chi connectivity index (χ1) is 9.10. The van der Waals surface area contributed by atoms with E-state index >= 15 is 0 Å². The molecule has 0 aromatic heterocycles. The summed E-state index contributed by atoms with van der Waals surface area (Å²) in [5.74, 6) is -1.18. The Kier molecular flexibility index (Phi) is 3.90. The van der Waals surface area contributed by atoms with Crippen LogP contribution in [0.3, 0.4) is 0 Å². The first-order valence-corrected chi connectivity index (χ1v) is 5.71. The Bertz CT molecular complexity index is 589. The minimum absolute atomic E-state index is 0.0744. The summed E-state index contributed by atoms with van der Waals surface area (Å²) in [5.41, 5.74) is 0.697. The number of benzene rings is 2. The highest BCUT2D eigenvalue weighted by molar-refractivity contribution is 5.99. The van der Waals surface area contributed by atoms with Crippen molar-refractivity contribution in [3.63, 3.8) is 0 Å². The number of ketones is 1. The van der Waals surface area contributed by atoms with Crippen LogP contribution >= 0.6 is 0 Å². The van der Waals surface area contributed by atoms with Gasteiger partial charge < -0.3 is 4.74 Å². The van der Waals surface area contributed by atoms with Crippen LogP contribution < -0.4 is 4.74 Å². The van der Waals surface area contributed by atoms with E-state index in [4.69, 9.17) is 4.74 Å². The molecular formula is C15H12F2O2. The Morgan fingerprint density at radius 2 is 1.74 bits per heavy atom. The molecule has 98 valence electrons. The molecule has 0 amide bonds. The van der Waals surface area contributed by atoms with E-state index in [1.165, 1.54) is 7.11 Å². The SMILES string of the molecule is COc1ccccc1C(=O)Cc1cc(F)cc(F)c1. The van der Waals surface area contributed by atoms with Crippen molar-refractivity contribution in [2.75, 3.05) is 7.11 Å². The Hall–Kier alpha value is -2.23. The highest BCUT2D eigenvalue weighted by Crippen LogP contribution is 2.20. The van der Waals surface area contributed by atoms with Crippen molar-refractivity contribution in [2.24, 2.45) is 0 Å². The van der Waals surface area contributed by atoms with Crippen molar-refractivity contribution in [3.05, 3.63) is 65.2 Å². The van der Waals surface area contributed by atoms with Gasteiger partial charge in [-0.15, -0.1) is 0 Å². The summed E-state index contributed by atoms with van der Waals surface area (Å²) < 4.78 is 31.2. The van der Waals surface area contributed by atoms with Crippen LogP contribution in [0.15, 0.2) is 42.5 Å². The second-order valence-electron chi connectivity index (χ2n) is 4.08. The van der Waals surface area contributed by atoms with Crippen LogP contribution in [0.5, 0.6) is 5.75 Å². The van der Waals surface area contributed by atoms with Gasteiger partial charge in [-0.2, -0.15) is 0 Å². The quantitative estimate of drug-likeness (QED) is 0.789. The Morgan fingerprint density at radius 1 is 1.11 bits per heavy atom. The number of halogens is 2. The van der Waals surface area contributed by atoms with E-state index in [2.05, 4.69) is 0 Å². The minimum atomic E-state index is -0.692. The zero-order valence-electron chi connectivity index (χ0n) is 10.3. The molecule has 2 aromatic rings. The molecule has 0 aliphatic heterocycles. The molecule has 0 bridgehead atoms. The van der Waals surface area contributed by atoms with Gasteiger partial charge in [-0.3, -0.25) is 4.79 Å². The fourth-order valence-corrected chi connectivity index (χ4v) is 1.87. The van der Waals surface area contributed by atoms with E-state index in [-0.39, 0.29) is 12.2 Å². The number of hydrogen-bond donors (Lipinski definition) is 0. The van der Waals surface area contributed by atoms with E-state index in [9.17, 15) is 13.6 Å². The molecule has 0 fully saturated rings. The Labute approximate surface area is 109 Å². The number of ether oxygens (including phenoxy) is 1. The van der Waals surface area contributed by atoms with Gasteiger partial charge in [-0.25, -0.2) is 8.78 Å². The number of carbonyl (C=O) groups is 1. The van der Waals surface area contributed by atoms with Crippen molar-refractivity contribution in [3.8, 4) is 5.75 Å². The lowest BCUT2D eigenvalue weighted by molar-refractivity contribution is 0.0990. The Balaban J connectivity index is 2.25. The smallest absolute Gasteiger partial charge is 0.170 e. The molecule has 0 saturated heterocycles. The van der Waals surface area contributed by atoms with Gasteiger partial charge in [-0.1, -0.05) is 12.1 Å². The predicted molar refractivity (Wildman–Crippen MR) is 67.4 cm³/mol. The van der Waals surface area contributed by atoms with Crippen molar-refractivity contribution < 1.29 is 18.3 Å². The van der Waals surface area contributed by atoms with Crippen molar-refractivity contribution in [2.45, 2.75) is 6.42 Å². The summed E-state index contributed by atoms with van der Waals surface area (Å²) in [5, 5.41) is 0. The molecule has 0 aliphatic carbocycles. The van der Waals surface area contributed by atoms with Crippen LogP contribution in [0.1, 0.15) is 15.9 Å². The maximum absolute atomic E-state index is 13.1. The van der Waals surface area contributed by atoms with Gasteiger partial charge in [0.05, 0.1) is 12.7 Å². The Morgan fingerprint density at radius 3 is 2.37 bits per heavy atom. The molecule has 19 heavy (non-hydrogen) atoms. The number of para-hydroxylation sites is 1. The van der Waals surface area contributed by atoms with Crippen molar-refractivity contribution in [1.82, 2.24) is 0 Å². The third kappa shape index (κ3) is 3.16.